The average molecular weight is 790 g/mol. The van der Waals surface area contributed by atoms with Crippen molar-refractivity contribution >= 4 is 56.7 Å². The lowest BCUT2D eigenvalue weighted by Crippen LogP contribution is -2.55. The zero-order valence-electron chi connectivity index (χ0n) is 33.7. The summed E-state index contributed by atoms with van der Waals surface area (Å²) >= 11 is 0. The lowest BCUT2D eigenvalue weighted by molar-refractivity contribution is -0.135. The van der Waals surface area contributed by atoms with Gasteiger partial charge in [-0.3, -0.25) is 19.4 Å². The molecule has 1 unspecified atom stereocenters. The zero-order valence-corrected chi connectivity index (χ0v) is 33.7. The van der Waals surface area contributed by atoms with Gasteiger partial charge in [0, 0.05) is 20.2 Å². The van der Waals surface area contributed by atoms with Gasteiger partial charge in [0.25, 0.3) is 0 Å². The average Bonchev–Trinajstić information content (AvgIpc) is 4.08. The number of aromatic nitrogens is 2. The van der Waals surface area contributed by atoms with E-state index in [1.807, 2.05) is 85.2 Å². The van der Waals surface area contributed by atoms with Gasteiger partial charge >= 0.3 is 6.09 Å². The number of H-pyrrole nitrogens is 1. The number of benzene rings is 3. The monoisotopic (exact) mass is 789 g/mol. The van der Waals surface area contributed by atoms with E-state index in [9.17, 15) is 19.2 Å². The van der Waals surface area contributed by atoms with Gasteiger partial charge in [-0.2, -0.15) is 0 Å². The lowest BCUT2D eigenvalue weighted by Gasteiger charge is -2.31. The molecule has 2 aromatic heterocycles. The summed E-state index contributed by atoms with van der Waals surface area (Å²) in [6.07, 6.45) is 3.65. The summed E-state index contributed by atoms with van der Waals surface area (Å²) < 4.78 is 16.5. The Labute approximate surface area is 336 Å². The standard InChI is InChI=1S/C44H51N7O7/c1-6-24(2)39(49-44(55)57-5)43(54)51-18-8-9-34(51)41-45-23-33(48-41)28-13-16-36-30(20-28)40(53)29-14-11-27(22-37(29)58-36)26-12-15-31-32(21-26)47-42(46-31)35-10-7-17-50(35)38(52)19-25(3)56-4/h11-16,20-22,24-25,33-35,39H,6-10,17-19,23H2,1-5H3,(H,45,48)(H,46,47)(H,49,55)/t24-,25+,33?,34-,35-,39-/m0/s1. The van der Waals surface area contributed by atoms with Crippen LogP contribution in [0.4, 0.5) is 4.79 Å². The molecule has 14 heteroatoms. The smallest absolute Gasteiger partial charge is 0.407 e. The maximum absolute atomic E-state index is 13.9. The first kappa shape index (κ1) is 39.1. The number of ether oxygens (including phenoxy) is 2. The molecule has 0 aliphatic carbocycles. The third kappa shape index (κ3) is 7.41. The number of fused-ring (bicyclic) bond motifs is 3. The highest BCUT2D eigenvalue weighted by molar-refractivity contribution is 5.96. The molecule has 3 aliphatic heterocycles. The van der Waals surface area contributed by atoms with Gasteiger partial charge in [-0.25, -0.2) is 9.78 Å². The first-order chi connectivity index (χ1) is 28.1. The molecule has 0 radical (unpaired) electrons. The van der Waals surface area contributed by atoms with Crippen LogP contribution in [0.2, 0.25) is 0 Å². The fourth-order valence-corrected chi connectivity index (χ4v) is 8.64. The van der Waals surface area contributed by atoms with Gasteiger partial charge in [0.2, 0.25) is 17.2 Å². The van der Waals surface area contributed by atoms with Gasteiger partial charge in [-0.1, -0.05) is 38.5 Å². The first-order valence-electron chi connectivity index (χ1n) is 20.4. The molecule has 14 nitrogen and oxygen atoms in total. The largest absolute Gasteiger partial charge is 0.456 e. The lowest BCUT2D eigenvalue weighted by atomic mass is 9.97. The quantitative estimate of drug-likeness (QED) is 0.128. The van der Waals surface area contributed by atoms with Crippen molar-refractivity contribution in [2.45, 2.75) is 89.6 Å². The molecule has 3 N–H and O–H groups in total. The third-order valence-corrected chi connectivity index (χ3v) is 12.2. The van der Waals surface area contributed by atoms with Crippen molar-refractivity contribution in [3.8, 4) is 11.1 Å². The summed E-state index contributed by atoms with van der Waals surface area (Å²) in [6.45, 7) is 7.58. The fraction of sp³-hybridized carbons (Fsp3) is 0.455. The van der Waals surface area contributed by atoms with Crippen LogP contribution in [0.25, 0.3) is 44.1 Å². The fourth-order valence-electron chi connectivity index (χ4n) is 8.64. The number of rotatable bonds is 11. The number of nitrogens with one attached hydrogen (secondary N) is 3. The minimum Gasteiger partial charge on any atom is -0.456 e. The Morgan fingerprint density at radius 2 is 1.69 bits per heavy atom. The van der Waals surface area contributed by atoms with Crippen molar-refractivity contribution in [3.63, 3.8) is 0 Å². The number of hydrogen-bond acceptors (Lipinski definition) is 10. The number of methoxy groups -OCH3 is 2. The van der Waals surface area contributed by atoms with E-state index in [-0.39, 0.29) is 47.4 Å². The van der Waals surface area contributed by atoms with Gasteiger partial charge in [0.15, 0.2) is 0 Å². The number of aromatic amines is 1. The highest BCUT2D eigenvalue weighted by Gasteiger charge is 2.40. The molecule has 3 amide bonds. The van der Waals surface area contributed by atoms with E-state index in [0.717, 1.165) is 71.5 Å². The van der Waals surface area contributed by atoms with Gasteiger partial charge in [-0.15, -0.1) is 0 Å². The Bertz CT molecular complexity index is 2480. The Morgan fingerprint density at radius 1 is 0.931 bits per heavy atom. The topological polar surface area (TPSA) is 171 Å². The van der Waals surface area contributed by atoms with Gasteiger partial charge in [0.05, 0.1) is 66.1 Å². The van der Waals surface area contributed by atoms with Crippen molar-refractivity contribution in [1.29, 1.82) is 0 Å². The molecule has 6 atom stereocenters. The van der Waals surface area contributed by atoms with Crippen LogP contribution in [0.5, 0.6) is 0 Å². The summed E-state index contributed by atoms with van der Waals surface area (Å²) in [4.78, 5) is 69.8. The second-order valence-electron chi connectivity index (χ2n) is 15.9. The summed E-state index contributed by atoms with van der Waals surface area (Å²) in [6, 6.07) is 16.1. The predicted molar refractivity (Wildman–Crippen MR) is 222 cm³/mol. The van der Waals surface area contributed by atoms with Crippen molar-refractivity contribution in [3.05, 3.63) is 76.2 Å². The van der Waals surface area contributed by atoms with Crippen molar-refractivity contribution in [2.24, 2.45) is 10.9 Å². The Morgan fingerprint density at radius 3 is 2.47 bits per heavy atom. The number of likely N-dealkylation sites (tertiary alicyclic amines) is 2. The Balaban J connectivity index is 0.991. The summed E-state index contributed by atoms with van der Waals surface area (Å²) in [5.74, 6) is 1.38. The molecule has 8 rings (SSSR count). The number of carbonyl (C=O) groups excluding carboxylic acids is 3. The molecule has 304 valence electrons. The molecule has 58 heavy (non-hydrogen) atoms. The van der Waals surface area contributed by atoms with E-state index < -0.39 is 12.1 Å². The minimum absolute atomic E-state index is 0.0712. The summed E-state index contributed by atoms with van der Waals surface area (Å²) in [7, 11) is 2.91. The molecule has 0 spiro atoms. The molecule has 3 aromatic carbocycles. The Kier molecular flexibility index (Phi) is 10.9. The number of alkyl carbamates (subject to hydrolysis) is 1. The maximum Gasteiger partial charge on any atom is 0.407 e. The summed E-state index contributed by atoms with van der Waals surface area (Å²) in [5.41, 5.74) is 5.30. The second-order valence-corrected chi connectivity index (χ2v) is 15.9. The van der Waals surface area contributed by atoms with Crippen LogP contribution < -0.4 is 16.1 Å². The van der Waals surface area contributed by atoms with E-state index in [4.69, 9.17) is 23.9 Å². The molecule has 0 bridgehead atoms. The molecule has 5 heterocycles. The van der Waals surface area contributed by atoms with Crippen LogP contribution in [0.1, 0.15) is 82.8 Å². The minimum atomic E-state index is -0.697. The van der Waals surface area contributed by atoms with Crippen LogP contribution in [-0.2, 0) is 19.1 Å². The van der Waals surface area contributed by atoms with E-state index in [0.29, 0.717) is 48.0 Å². The van der Waals surface area contributed by atoms with E-state index in [1.54, 1.807) is 7.11 Å². The molecule has 3 aliphatic rings. The summed E-state index contributed by atoms with van der Waals surface area (Å²) in [5, 5.41) is 7.26. The number of imidazole rings is 1. The van der Waals surface area contributed by atoms with Gasteiger partial charge in [-0.05, 0) is 91.6 Å². The first-order valence-corrected chi connectivity index (χ1v) is 20.4. The van der Waals surface area contributed by atoms with Crippen molar-refractivity contribution < 1.29 is 28.3 Å². The molecule has 0 saturated carbocycles. The van der Waals surface area contributed by atoms with Crippen molar-refractivity contribution in [2.75, 3.05) is 33.9 Å². The molecular weight excluding hydrogens is 739 g/mol. The molecule has 5 aromatic rings. The van der Waals surface area contributed by atoms with E-state index in [2.05, 4.69) is 15.6 Å². The van der Waals surface area contributed by atoms with E-state index in [1.165, 1.54) is 7.11 Å². The van der Waals surface area contributed by atoms with Crippen LogP contribution in [0.3, 0.4) is 0 Å². The maximum atomic E-state index is 13.9. The van der Waals surface area contributed by atoms with Crippen molar-refractivity contribution in [1.82, 2.24) is 30.4 Å². The van der Waals surface area contributed by atoms with Gasteiger partial charge < -0.3 is 39.3 Å². The second kappa shape index (κ2) is 16.2. The van der Waals surface area contributed by atoms with Crippen LogP contribution >= 0.6 is 0 Å². The molecule has 2 saturated heterocycles. The zero-order chi connectivity index (χ0) is 40.7. The Hall–Kier alpha value is -5.76. The number of amides is 3. The number of carbonyl (C=O) groups is 3. The number of nitrogens with zero attached hydrogens (tertiary/aromatic N) is 4. The third-order valence-electron chi connectivity index (χ3n) is 12.2. The van der Waals surface area contributed by atoms with Crippen LogP contribution in [-0.4, -0.2) is 95.6 Å². The van der Waals surface area contributed by atoms with Crippen LogP contribution in [0, 0.1) is 5.92 Å². The SMILES string of the molecule is CC[C@H](C)[C@H](NC(=O)OC)C(=O)N1CCC[C@H]1C1=NCC(c2ccc3oc4cc(-c5ccc6nc([C@@H]7CCCN7C(=O)C[C@@H](C)OC)[nH]c6c5)ccc4c(=O)c3c2)N1. The molecular formula is C44H51N7O7. The van der Waals surface area contributed by atoms with Gasteiger partial charge in [0.1, 0.15) is 28.9 Å². The van der Waals surface area contributed by atoms with E-state index >= 15 is 0 Å². The van der Waals surface area contributed by atoms with Crippen LogP contribution in [0.15, 0.2) is 68.8 Å². The highest BCUT2D eigenvalue weighted by Crippen LogP contribution is 2.34. The highest BCUT2D eigenvalue weighted by atomic mass is 16.5. The number of amidine groups is 1. The predicted octanol–water partition coefficient (Wildman–Crippen LogP) is 6.38. The normalized spacial score (nSPS) is 21.0. The number of hydrogen-bond donors (Lipinski definition) is 3. The number of aliphatic imine (C=N–C) groups is 1. The molecule has 2 fully saturated rings.